The number of nitrogens with one attached hydrogen (secondary N) is 1. The monoisotopic (exact) mass is 299 g/mol. The van der Waals surface area contributed by atoms with Crippen molar-refractivity contribution in [2.75, 3.05) is 7.11 Å². The van der Waals surface area contributed by atoms with Crippen LogP contribution >= 0.6 is 0 Å². The number of nitrogens with zero attached hydrogens (tertiary/aromatic N) is 2. The van der Waals surface area contributed by atoms with Gasteiger partial charge in [-0.15, -0.1) is 0 Å². The van der Waals surface area contributed by atoms with Crippen LogP contribution in [0.15, 0.2) is 36.5 Å². The number of hydrogen-bond acceptors (Lipinski definition) is 4. The van der Waals surface area contributed by atoms with Crippen molar-refractivity contribution in [3.8, 4) is 5.75 Å². The van der Waals surface area contributed by atoms with Gasteiger partial charge in [-0.3, -0.25) is 9.89 Å². The predicted molar refractivity (Wildman–Crippen MR) is 80.8 cm³/mol. The number of aromatic nitrogens is 3. The number of benzene rings is 1. The molecule has 3 rings (SSSR count). The van der Waals surface area contributed by atoms with Gasteiger partial charge >= 0.3 is 5.97 Å². The molecule has 2 aromatic heterocycles. The number of carbonyl (C=O) groups is 1. The van der Waals surface area contributed by atoms with Crippen molar-refractivity contribution >= 4 is 11.6 Å². The summed E-state index contributed by atoms with van der Waals surface area (Å²) in [6.45, 7) is 2.41. The van der Waals surface area contributed by atoms with E-state index in [-0.39, 0.29) is 12.4 Å². The van der Waals surface area contributed by atoms with Crippen LogP contribution in [-0.2, 0) is 22.6 Å². The zero-order valence-electron chi connectivity index (χ0n) is 12.5. The fourth-order valence-corrected chi connectivity index (χ4v) is 2.26. The molecule has 6 nitrogen and oxygen atoms in total. The number of esters is 1. The Morgan fingerprint density at radius 3 is 2.77 bits per heavy atom. The van der Waals surface area contributed by atoms with E-state index in [1.54, 1.807) is 10.7 Å². The van der Waals surface area contributed by atoms with Crippen molar-refractivity contribution in [2.24, 2.45) is 0 Å². The summed E-state index contributed by atoms with van der Waals surface area (Å²) in [4.78, 5) is 15.7. The molecule has 0 saturated heterocycles. The number of hydrogen-bond donors (Lipinski definition) is 1. The first-order chi connectivity index (χ1) is 10.7. The molecule has 1 N–H and O–H groups in total. The summed E-state index contributed by atoms with van der Waals surface area (Å²) in [5.41, 5.74) is 3.44. The third kappa shape index (κ3) is 2.81. The lowest BCUT2D eigenvalue weighted by Gasteiger charge is -2.04. The predicted octanol–water partition coefficient (Wildman–Crippen LogP) is 2.27. The van der Waals surface area contributed by atoms with Crippen LogP contribution in [0, 0.1) is 6.92 Å². The van der Waals surface area contributed by atoms with Gasteiger partial charge in [0.25, 0.3) is 0 Å². The van der Waals surface area contributed by atoms with E-state index in [0.717, 1.165) is 22.7 Å². The second-order valence-electron chi connectivity index (χ2n) is 5.00. The number of aromatic amines is 1. The van der Waals surface area contributed by atoms with Gasteiger partial charge in [-0.2, -0.15) is 0 Å². The van der Waals surface area contributed by atoms with Crippen LogP contribution in [0.3, 0.4) is 0 Å². The lowest BCUT2D eigenvalue weighted by Crippen LogP contribution is -2.04. The highest BCUT2D eigenvalue weighted by Crippen LogP contribution is 2.17. The molecule has 0 aliphatic carbocycles. The molecule has 0 aliphatic rings. The molecule has 2 heterocycles. The summed E-state index contributed by atoms with van der Waals surface area (Å²) >= 11 is 0. The molecule has 0 saturated carbocycles. The van der Waals surface area contributed by atoms with Crippen LogP contribution in [0.4, 0.5) is 0 Å². The molecule has 0 atom stereocenters. The van der Waals surface area contributed by atoms with Crippen molar-refractivity contribution in [1.82, 2.24) is 14.6 Å². The van der Waals surface area contributed by atoms with Gasteiger partial charge in [-0.1, -0.05) is 18.2 Å². The van der Waals surface area contributed by atoms with Gasteiger partial charge in [0, 0.05) is 5.56 Å². The topological polar surface area (TPSA) is 68.6 Å². The Bertz CT molecular complexity index is 790. The summed E-state index contributed by atoms with van der Waals surface area (Å²) in [6.07, 6.45) is 1.96. The van der Waals surface area contributed by atoms with E-state index < -0.39 is 0 Å². The van der Waals surface area contributed by atoms with E-state index in [9.17, 15) is 4.79 Å². The minimum atomic E-state index is -0.300. The molecule has 0 spiro atoms. The van der Waals surface area contributed by atoms with Crippen molar-refractivity contribution in [3.63, 3.8) is 0 Å². The molecular weight excluding hydrogens is 282 g/mol. The number of carbonyl (C=O) groups excluding carboxylic acids is 1. The molecule has 0 unspecified atom stereocenters. The number of rotatable bonds is 5. The van der Waals surface area contributed by atoms with Crippen molar-refractivity contribution in [2.45, 2.75) is 20.0 Å². The normalized spacial score (nSPS) is 10.8. The summed E-state index contributed by atoms with van der Waals surface area (Å²) in [7, 11) is 1.37. The number of methoxy groups -OCH3 is 1. The number of fused-ring (bicyclic) bond motifs is 1. The summed E-state index contributed by atoms with van der Waals surface area (Å²) in [5.74, 6) is 0.520. The average Bonchev–Trinajstić information content (AvgIpc) is 3.05. The Morgan fingerprint density at radius 2 is 2.09 bits per heavy atom. The molecule has 0 radical (unpaired) electrons. The second kappa shape index (κ2) is 5.93. The van der Waals surface area contributed by atoms with Crippen LogP contribution in [0.5, 0.6) is 5.75 Å². The number of para-hydroxylation sites is 1. The van der Waals surface area contributed by atoms with Crippen molar-refractivity contribution in [3.05, 3.63) is 53.5 Å². The first-order valence-electron chi connectivity index (χ1n) is 6.97. The molecule has 22 heavy (non-hydrogen) atoms. The molecule has 1 aromatic carbocycles. The van der Waals surface area contributed by atoms with Gasteiger partial charge in [0.05, 0.1) is 31.1 Å². The highest BCUT2D eigenvalue weighted by atomic mass is 16.5. The molecular formula is C16H17N3O3. The quantitative estimate of drug-likeness (QED) is 0.734. The van der Waals surface area contributed by atoms with Crippen molar-refractivity contribution < 1.29 is 14.3 Å². The molecule has 114 valence electrons. The van der Waals surface area contributed by atoms with Crippen LogP contribution in [0.2, 0.25) is 0 Å². The van der Waals surface area contributed by atoms with E-state index >= 15 is 0 Å². The first kappa shape index (κ1) is 14.2. The highest BCUT2D eigenvalue weighted by Gasteiger charge is 2.13. The van der Waals surface area contributed by atoms with Crippen molar-refractivity contribution in [1.29, 1.82) is 0 Å². The van der Waals surface area contributed by atoms with Crippen LogP contribution in [0.25, 0.3) is 5.65 Å². The first-order valence-corrected chi connectivity index (χ1v) is 6.97. The van der Waals surface area contributed by atoms with E-state index in [0.29, 0.717) is 12.3 Å². The number of aryl methyl sites for hydroxylation is 1. The third-order valence-corrected chi connectivity index (χ3v) is 3.48. The molecule has 0 bridgehead atoms. The fourth-order valence-electron chi connectivity index (χ4n) is 2.26. The minimum absolute atomic E-state index is 0.168. The smallest absolute Gasteiger partial charge is 0.311 e. The van der Waals surface area contributed by atoms with E-state index in [1.807, 2.05) is 37.3 Å². The second-order valence-corrected chi connectivity index (χ2v) is 5.00. The van der Waals surface area contributed by atoms with Crippen LogP contribution in [0.1, 0.15) is 17.0 Å². The van der Waals surface area contributed by atoms with Gasteiger partial charge < -0.3 is 9.47 Å². The maximum Gasteiger partial charge on any atom is 0.311 e. The molecule has 0 amide bonds. The van der Waals surface area contributed by atoms with E-state index in [1.165, 1.54) is 7.11 Å². The van der Waals surface area contributed by atoms with Crippen LogP contribution < -0.4 is 4.74 Å². The van der Waals surface area contributed by atoms with Gasteiger partial charge in [0.2, 0.25) is 0 Å². The Balaban J connectivity index is 1.76. The Morgan fingerprint density at radius 1 is 1.32 bits per heavy atom. The Labute approximate surface area is 127 Å². The minimum Gasteiger partial charge on any atom is -0.487 e. The highest BCUT2D eigenvalue weighted by molar-refractivity contribution is 5.72. The molecule has 0 aliphatic heterocycles. The van der Waals surface area contributed by atoms with Gasteiger partial charge in [-0.25, -0.2) is 9.50 Å². The summed E-state index contributed by atoms with van der Waals surface area (Å²) < 4.78 is 12.2. The maximum atomic E-state index is 11.3. The summed E-state index contributed by atoms with van der Waals surface area (Å²) in [6, 6.07) is 9.64. The maximum absolute atomic E-state index is 11.3. The molecule has 6 heteroatoms. The van der Waals surface area contributed by atoms with Gasteiger partial charge in [-0.05, 0) is 19.1 Å². The Kier molecular flexibility index (Phi) is 3.82. The lowest BCUT2D eigenvalue weighted by molar-refractivity contribution is -0.139. The number of ether oxygens (including phenoxy) is 2. The largest absolute Gasteiger partial charge is 0.487 e. The standard InChI is InChI=1S/C16H17N3O3/c1-11-14(10-22-13-6-4-3-5-7-13)18-19-9-12(17-16(11)19)8-15(20)21-2/h3-7,9,18H,8,10H2,1-2H3. The van der Waals surface area contributed by atoms with Gasteiger partial charge in [0.1, 0.15) is 12.4 Å². The number of H-pyrrole nitrogens is 1. The SMILES string of the molecule is COC(=O)Cc1cn2[nH]c(COc3ccccc3)c(C)c2n1. The zero-order chi connectivity index (χ0) is 15.5. The Hall–Kier alpha value is -2.76. The van der Waals surface area contributed by atoms with E-state index in [4.69, 9.17) is 4.74 Å². The number of imidazole rings is 1. The lowest BCUT2D eigenvalue weighted by atomic mass is 10.3. The van der Waals surface area contributed by atoms with Gasteiger partial charge in [0.15, 0.2) is 5.65 Å². The average molecular weight is 299 g/mol. The van der Waals surface area contributed by atoms with Crippen LogP contribution in [-0.4, -0.2) is 27.7 Å². The third-order valence-electron chi connectivity index (χ3n) is 3.48. The van der Waals surface area contributed by atoms with E-state index in [2.05, 4.69) is 14.8 Å². The zero-order valence-corrected chi connectivity index (χ0v) is 12.5. The molecule has 3 aromatic rings. The summed E-state index contributed by atoms with van der Waals surface area (Å²) in [5, 5.41) is 3.22. The molecule has 0 fully saturated rings. The fraction of sp³-hybridized carbons (Fsp3) is 0.250.